The summed E-state index contributed by atoms with van der Waals surface area (Å²) in [7, 11) is -2.89. The zero-order valence-electron chi connectivity index (χ0n) is 11.7. The number of sulfone groups is 1. The highest BCUT2D eigenvalue weighted by atomic mass is 32.2. The summed E-state index contributed by atoms with van der Waals surface area (Å²) in [5.74, 6) is 0.784. The van der Waals surface area contributed by atoms with Crippen molar-refractivity contribution in [1.29, 1.82) is 0 Å². The molecule has 6 heteroatoms. The first-order chi connectivity index (χ1) is 8.96. The van der Waals surface area contributed by atoms with Crippen LogP contribution in [0, 0.1) is 5.92 Å². The van der Waals surface area contributed by atoms with Gasteiger partial charge in [-0.25, -0.2) is 8.42 Å². The third-order valence-electron chi connectivity index (χ3n) is 4.17. The number of nitrogens with zero attached hydrogens (tertiary/aromatic N) is 2. The Morgan fingerprint density at radius 2 is 1.68 bits per heavy atom. The molecule has 110 valence electrons. The van der Waals surface area contributed by atoms with Crippen LogP contribution in [0.3, 0.4) is 0 Å². The Hall–Kier alpha value is -0.620. The second-order valence-electron chi connectivity index (χ2n) is 5.78. The minimum Gasteiger partial charge on any atom is -0.340 e. The lowest BCUT2D eigenvalue weighted by Crippen LogP contribution is -2.50. The molecule has 0 aromatic rings. The fourth-order valence-corrected chi connectivity index (χ4v) is 3.51. The van der Waals surface area contributed by atoms with E-state index in [0.29, 0.717) is 12.5 Å². The maximum atomic E-state index is 12.2. The number of amides is 1. The molecule has 1 aliphatic carbocycles. The van der Waals surface area contributed by atoms with Crippen molar-refractivity contribution in [2.75, 3.05) is 44.7 Å². The Labute approximate surface area is 115 Å². The van der Waals surface area contributed by atoms with E-state index in [1.807, 2.05) is 4.90 Å². The lowest BCUT2D eigenvalue weighted by Gasteiger charge is -2.35. The van der Waals surface area contributed by atoms with Crippen molar-refractivity contribution in [2.24, 2.45) is 5.92 Å². The van der Waals surface area contributed by atoms with Crippen LogP contribution in [0.15, 0.2) is 0 Å². The van der Waals surface area contributed by atoms with E-state index in [4.69, 9.17) is 0 Å². The second kappa shape index (κ2) is 6.22. The molecule has 0 radical (unpaired) electrons. The Kier molecular flexibility index (Phi) is 4.84. The third-order valence-corrected chi connectivity index (χ3v) is 5.09. The summed E-state index contributed by atoms with van der Waals surface area (Å²) in [6, 6.07) is 0. The Morgan fingerprint density at radius 3 is 2.21 bits per heavy atom. The van der Waals surface area contributed by atoms with Gasteiger partial charge in [-0.3, -0.25) is 9.69 Å². The largest absolute Gasteiger partial charge is 0.340 e. The van der Waals surface area contributed by atoms with Crippen molar-refractivity contribution in [3.63, 3.8) is 0 Å². The van der Waals surface area contributed by atoms with Crippen molar-refractivity contribution in [3.8, 4) is 0 Å². The van der Waals surface area contributed by atoms with Gasteiger partial charge in [0.25, 0.3) is 0 Å². The molecule has 0 bridgehead atoms. The molecule has 0 aromatic heterocycles. The first-order valence-corrected chi connectivity index (χ1v) is 9.20. The van der Waals surface area contributed by atoms with E-state index < -0.39 is 9.84 Å². The van der Waals surface area contributed by atoms with E-state index in [0.717, 1.165) is 39.0 Å². The van der Waals surface area contributed by atoms with Gasteiger partial charge in [0.1, 0.15) is 9.84 Å². The molecular weight excluding hydrogens is 264 g/mol. The number of carbonyl (C=O) groups excluding carboxylic acids is 1. The van der Waals surface area contributed by atoms with Crippen LogP contribution in [-0.2, 0) is 14.6 Å². The topological polar surface area (TPSA) is 57.7 Å². The number of hydrogen-bond acceptors (Lipinski definition) is 4. The van der Waals surface area contributed by atoms with Crippen LogP contribution in [0.2, 0.25) is 0 Å². The van der Waals surface area contributed by atoms with Gasteiger partial charge in [0.05, 0.1) is 5.75 Å². The standard InChI is InChI=1S/C13H24N2O3S/c1-19(17,18)11-10-14-6-8-15(9-7-14)13(16)12-4-2-3-5-12/h12H,2-11H2,1H3. The summed E-state index contributed by atoms with van der Waals surface area (Å²) < 4.78 is 22.3. The maximum Gasteiger partial charge on any atom is 0.225 e. The lowest BCUT2D eigenvalue weighted by atomic mass is 10.1. The molecule has 0 aromatic carbocycles. The Morgan fingerprint density at radius 1 is 1.11 bits per heavy atom. The fourth-order valence-electron chi connectivity index (χ4n) is 2.92. The van der Waals surface area contributed by atoms with E-state index in [1.54, 1.807) is 0 Å². The normalized spacial score (nSPS) is 22.9. The molecule has 1 amide bonds. The van der Waals surface area contributed by atoms with Crippen molar-refractivity contribution in [3.05, 3.63) is 0 Å². The Bertz CT molecular complexity index is 408. The van der Waals surface area contributed by atoms with Gasteiger partial charge in [0.2, 0.25) is 5.91 Å². The van der Waals surface area contributed by atoms with E-state index in [-0.39, 0.29) is 11.7 Å². The molecule has 2 aliphatic rings. The third kappa shape index (κ3) is 4.45. The molecule has 0 unspecified atom stereocenters. The van der Waals surface area contributed by atoms with Gasteiger partial charge in [-0.15, -0.1) is 0 Å². The summed E-state index contributed by atoms with van der Waals surface area (Å²) in [4.78, 5) is 16.3. The summed E-state index contributed by atoms with van der Waals surface area (Å²) in [6.45, 7) is 3.68. The van der Waals surface area contributed by atoms with Gasteiger partial charge in [0, 0.05) is 44.9 Å². The molecule has 1 heterocycles. The monoisotopic (exact) mass is 288 g/mol. The van der Waals surface area contributed by atoms with Crippen molar-refractivity contribution >= 4 is 15.7 Å². The van der Waals surface area contributed by atoms with E-state index in [1.165, 1.54) is 19.1 Å². The number of carbonyl (C=O) groups is 1. The van der Waals surface area contributed by atoms with Crippen LogP contribution >= 0.6 is 0 Å². The van der Waals surface area contributed by atoms with Gasteiger partial charge in [-0.1, -0.05) is 12.8 Å². The molecule has 2 fully saturated rings. The zero-order chi connectivity index (χ0) is 13.9. The highest BCUT2D eigenvalue weighted by Crippen LogP contribution is 2.26. The Balaban J connectivity index is 1.74. The van der Waals surface area contributed by atoms with Crippen molar-refractivity contribution in [1.82, 2.24) is 9.80 Å². The van der Waals surface area contributed by atoms with Crippen LogP contribution in [-0.4, -0.2) is 68.9 Å². The summed E-state index contributed by atoms with van der Waals surface area (Å²) in [5, 5.41) is 0. The lowest BCUT2D eigenvalue weighted by molar-refractivity contribution is -0.137. The first kappa shape index (κ1) is 14.8. The molecule has 0 N–H and O–H groups in total. The van der Waals surface area contributed by atoms with E-state index >= 15 is 0 Å². The number of piperazine rings is 1. The van der Waals surface area contributed by atoms with Gasteiger partial charge >= 0.3 is 0 Å². The van der Waals surface area contributed by atoms with Crippen molar-refractivity contribution in [2.45, 2.75) is 25.7 Å². The molecule has 1 saturated carbocycles. The minimum atomic E-state index is -2.89. The molecule has 2 rings (SSSR count). The summed E-state index contributed by atoms with van der Waals surface area (Å²) in [6.07, 6.45) is 5.74. The average molecular weight is 288 g/mol. The first-order valence-electron chi connectivity index (χ1n) is 7.14. The molecular formula is C13H24N2O3S. The van der Waals surface area contributed by atoms with E-state index in [9.17, 15) is 13.2 Å². The van der Waals surface area contributed by atoms with Crippen LogP contribution in [0.1, 0.15) is 25.7 Å². The molecule has 1 saturated heterocycles. The van der Waals surface area contributed by atoms with Crippen LogP contribution in [0.4, 0.5) is 0 Å². The molecule has 1 aliphatic heterocycles. The van der Waals surface area contributed by atoms with Crippen LogP contribution in [0.5, 0.6) is 0 Å². The number of rotatable bonds is 4. The molecule has 5 nitrogen and oxygen atoms in total. The van der Waals surface area contributed by atoms with Crippen molar-refractivity contribution < 1.29 is 13.2 Å². The van der Waals surface area contributed by atoms with Gasteiger partial charge < -0.3 is 4.90 Å². The summed E-state index contributed by atoms with van der Waals surface area (Å²) >= 11 is 0. The second-order valence-corrected chi connectivity index (χ2v) is 8.04. The summed E-state index contributed by atoms with van der Waals surface area (Å²) in [5.41, 5.74) is 0. The quantitative estimate of drug-likeness (QED) is 0.750. The van der Waals surface area contributed by atoms with E-state index in [2.05, 4.69) is 4.90 Å². The van der Waals surface area contributed by atoms with Gasteiger partial charge in [-0.05, 0) is 12.8 Å². The zero-order valence-corrected chi connectivity index (χ0v) is 12.5. The predicted octanol–water partition coefficient (Wildman–Crippen LogP) is 0.365. The minimum absolute atomic E-state index is 0.212. The average Bonchev–Trinajstić information content (AvgIpc) is 2.89. The maximum absolute atomic E-state index is 12.2. The smallest absolute Gasteiger partial charge is 0.225 e. The van der Waals surface area contributed by atoms with Gasteiger partial charge in [-0.2, -0.15) is 0 Å². The molecule has 0 atom stereocenters. The fraction of sp³-hybridized carbons (Fsp3) is 0.923. The van der Waals surface area contributed by atoms with Gasteiger partial charge in [0.15, 0.2) is 0 Å². The highest BCUT2D eigenvalue weighted by molar-refractivity contribution is 7.90. The van der Waals surface area contributed by atoms with Crippen LogP contribution in [0.25, 0.3) is 0 Å². The molecule has 0 spiro atoms. The molecule has 19 heavy (non-hydrogen) atoms. The van der Waals surface area contributed by atoms with Crippen LogP contribution < -0.4 is 0 Å². The highest BCUT2D eigenvalue weighted by Gasteiger charge is 2.29. The SMILES string of the molecule is CS(=O)(=O)CCN1CCN(C(=O)C2CCCC2)CC1. The number of hydrogen-bond donors (Lipinski definition) is 0. The predicted molar refractivity (Wildman–Crippen MR) is 74.7 cm³/mol.